The van der Waals surface area contributed by atoms with Gasteiger partial charge in [0.2, 0.25) is 16.0 Å². The molecule has 3 aromatic rings. The standard InChI is InChI=1S/C26H30ClN7O4S/c1-16-8-21(5-7-34(16)25(35)17-4-6-28-24(9-17)32-39(3,36)37)33-14-18-13-29-26(31-23(18)15-33)30-20-10-19(27)11-22(12-20)38-2/h4,6,9-13,16,21H,5,7-8,14-15H2,1-3H3,(H,28,32)(H,29,30,31)/t16-,21-/m1/s1. The molecule has 1 fully saturated rings. The average molecular weight is 572 g/mol. The Bertz CT molecular complexity index is 1500. The summed E-state index contributed by atoms with van der Waals surface area (Å²) in [5, 5.41) is 3.76. The number of pyridine rings is 1. The molecule has 2 aromatic heterocycles. The number of hydrogen-bond acceptors (Lipinski definition) is 9. The molecule has 0 bridgehead atoms. The number of halogens is 1. The van der Waals surface area contributed by atoms with Gasteiger partial charge in [-0.05, 0) is 44.0 Å². The van der Waals surface area contributed by atoms with Crippen LogP contribution in [0.4, 0.5) is 17.5 Å². The van der Waals surface area contributed by atoms with Crippen LogP contribution < -0.4 is 14.8 Å². The molecule has 0 radical (unpaired) electrons. The summed E-state index contributed by atoms with van der Waals surface area (Å²) >= 11 is 6.18. The lowest BCUT2D eigenvalue weighted by atomic mass is 9.96. The van der Waals surface area contributed by atoms with Gasteiger partial charge in [0.05, 0.1) is 19.1 Å². The van der Waals surface area contributed by atoms with Crippen LogP contribution in [-0.4, -0.2) is 71.1 Å². The monoisotopic (exact) mass is 571 g/mol. The van der Waals surface area contributed by atoms with Gasteiger partial charge < -0.3 is 15.0 Å². The maximum Gasteiger partial charge on any atom is 0.254 e. The number of anilines is 3. The minimum atomic E-state index is -3.48. The molecular weight excluding hydrogens is 542 g/mol. The van der Waals surface area contributed by atoms with E-state index in [-0.39, 0.29) is 17.8 Å². The van der Waals surface area contributed by atoms with E-state index in [1.807, 2.05) is 24.1 Å². The van der Waals surface area contributed by atoms with Crippen LogP contribution in [0.5, 0.6) is 5.75 Å². The van der Waals surface area contributed by atoms with Gasteiger partial charge in [-0.3, -0.25) is 14.4 Å². The van der Waals surface area contributed by atoms with E-state index in [1.54, 1.807) is 25.3 Å². The minimum Gasteiger partial charge on any atom is -0.497 e. The van der Waals surface area contributed by atoms with E-state index in [4.69, 9.17) is 21.3 Å². The number of aromatic nitrogens is 3. The molecule has 4 heterocycles. The number of piperidine rings is 1. The summed E-state index contributed by atoms with van der Waals surface area (Å²) in [4.78, 5) is 30.7. The topological polar surface area (TPSA) is 130 Å². The van der Waals surface area contributed by atoms with Crippen molar-refractivity contribution in [1.82, 2.24) is 24.8 Å². The van der Waals surface area contributed by atoms with Crippen molar-refractivity contribution in [3.63, 3.8) is 0 Å². The molecule has 39 heavy (non-hydrogen) atoms. The molecule has 11 nitrogen and oxygen atoms in total. The Kier molecular flexibility index (Phi) is 7.61. The summed E-state index contributed by atoms with van der Waals surface area (Å²) in [6, 6.07) is 8.75. The predicted octanol–water partition coefficient (Wildman–Crippen LogP) is 3.66. The molecule has 2 aliphatic heterocycles. The van der Waals surface area contributed by atoms with Gasteiger partial charge in [-0.2, -0.15) is 0 Å². The highest BCUT2D eigenvalue weighted by Gasteiger charge is 2.35. The summed E-state index contributed by atoms with van der Waals surface area (Å²) in [5.74, 6) is 1.14. The first-order valence-corrected chi connectivity index (χ1v) is 14.8. The fraction of sp³-hybridized carbons (Fsp3) is 0.385. The second-order valence-electron chi connectivity index (χ2n) is 9.91. The first kappa shape index (κ1) is 27.1. The van der Waals surface area contributed by atoms with E-state index in [0.29, 0.717) is 41.4 Å². The number of fused-ring (bicyclic) bond motifs is 1. The van der Waals surface area contributed by atoms with Gasteiger partial charge in [-0.25, -0.2) is 23.4 Å². The molecule has 206 valence electrons. The molecule has 13 heteroatoms. The summed E-state index contributed by atoms with van der Waals surface area (Å²) in [7, 11) is -1.90. The van der Waals surface area contributed by atoms with Gasteiger partial charge in [-0.1, -0.05) is 11.6 Å². The van der Waals surface area contributed by atoms with Crippen molar-refractivity contribution < 1.29 is 17.9 Å². The van der Waals surface area contributed by atoms with E-state index in [2.05, 4.69) is 24.9 Å². The number of nitrogens with zero attached hydrogens (tertiary/aromatic N) is 5. The van der Waals surface area contributed by atoms with E-state index in [9.17, 15) is 13.2 Å². The highest BCUT2D eigenvalue weighted by molar-refractivity contribution is 7.92. The number of rotatable bonds is 7. The number of sulfonamides is 1. The number of ether oxygens (including phenoxy) is 1. The molecule has 5 rings (SSSR count). The zero-order valence-electron chi connectivity index (χ0n) is 21.9. The van der Waals surface area contributed by atoms with Gasteiger partial charge in [0.25, 0.3) is 5.91 Å². The van der Waals surface area contributed by atoms with Gasteiger partial charge >= 0.3 is 0 Å². The average Bonchev–Trinajstić information content (AvgIpc) is 3.30. The highest BCUT2D eigenvalue weighted by Crippen LogP contribution is 2.31. The van der Waals surface area contributed by atoms with Gasteiger partial charge in [-0.15, -0.1) is 0 Å². The molecule has 1 saturated heterocycles. The SMILES string of the molecule is COc1cc(Cl)cc(Nc2ncc3c(n2)CN([C@@H]2CCN(C(=O)c4ccnc(NS(C)(=O)=O)c4)[C@H](C)C2)C3)c1. The molecular formula is C26H30ClN7O4S. The van der Waals surface area contributed by atoms with E-state index < -0.39 is 10.0 Å². The molecule has 0 saturated carbocycles. The Morgan fingerprint density at radius 2 is 2.00 bits per heavy atom. The summed E-state index contributed by atoms with van der Waals surface area (Å²) in [6.45, 7) is 4.12. The second kappa shape index (κ2) is 10.9. The van der Waals surface area contributed by atoms with Crippen LogP contribution in [0, 0.1) is 0 Å². The van der Waals surface area contributed by atoms with Gasteiger partial charge in [0.1, 0.15) is 11.6 Å². The van der Waals surface area contributed by atoms with Crippen molar-refractivity contribution in [3.8, 4) is 5.75 Å². The maximum atomic E-state index is 13.2. The van der Waals surface area contributed by atoms with Crippen molar-refractivity contribution in [1.29, 1.82) is 0 Å². The Hall–Kier alpha value is -3.48. The number of amides is 1. The van der Waals surface area contributed by atoms with Crippen LogP contribution >= 0.6 is 11.6 Å². The first-order chi connectivity index (χ1) is 18.6. The van der Waals surface area contributed by atoms with Crippen LogP contribution in [0.3, 0.4) is 0 Å². The maximum absolute atomic E-state index is 13.2. The largest absolute Gasteiger partial charge is 0.497 e. The van der Waals surface area contributed by atoms with Crippen molar-refractivity contribution in [2.75, 3.05) is 29.9 Å². The fourth-order valence-corrected chi connectivity index (χ4v) is 5.85. The molecule has 1 amide bonds. The van der Waals surface area contributed by atoms with E-state index in [1.165, 1.54) is 12.3 Å². The third kappa shape index (κ3) is 6.40. The van der Waals surface area contributed by atoms with Crippen LogP contribution in [0.25, 0.3) is 0 Å². The van der Waals surface area contributed by atoms with Crippen molar-refractivity contribution in [2.45, 2.75) is 44.9 Å². The fourth-order valence-electron chi connectivity index (χ4n) is 5.13. The molecule has 2 atom stereocenters. The molecule has 2 N–H and O–H groups in total. The zero-order valence-corrected chi connectivity index (χ0v) is 23.5. The Morgan fingerprint density at radius 3 is 2.74 bits per heavy atom. The van der Waals surface area contributed by atoms with Crippen LogP contribution in [-0.2, 0) is 23.1 Å². The normalized spacial score (nSPS) is 19.4. The number of likely N-dealkylation sites (tertiary alicyclic amines) is 1. The molecule has 0 aliphatic carbocycles. The first-order valence-electron chi connectivity index (χ1n) is 12.5. The molecule has 2 aliphatic rings. The van der Waals surface area contributed by atoms with Crippen LogP contribution in [0.2, 0.25) is 5.02 Å². The van der Waals surface area contributed by atoms with Gasteiger partial charge in [0, 0.05) is 72.0 Å². The van der Waals surface area contributed by atoms with Crippen molar-refractivity contribution in [2.24, 2.45) is 0 Å². The number of carbonyl (C=O) groups is 1. The molecule has 0 unspecified atom stereocenters. The lowest BCUT2D eigenvalue weighted by molar-refractivity contribution is 0.0460. The van der Waals surface area contributed by atoms with Crippen LogP contribution in [0.1, 0.15) is 41.4 Å². The molecule has 0 spiro atoms. The number of carbonyl (C=O) groups excluding carboxylic acids is 1. The smallest absolute Gasteiger partial charge is 0.254 e. The lowest BCUT2D eigenvalue weighted by Crippen LogP contribution is -2.50. The third-order valence-electron chi connectivity index (χ3n) is 6.97. The van der Waals surface area contributed by atoms with E-state index in [0.717, 1.165) is 42.6 Å². The number of methoxy groups -OCH3 is 1. The third-order valence-corrected chi connectivity index (χ3v) is 7.76. The summed E-state index contributed by atoms with van der Waals surface area (Å²) < 4.78 is 30.7. The van der Waals surface area contributed by atoms with E-state index >= 15 is 0 Å². The Labute approximate surface area is 232 Å². The number of nitrogens with one attached hydrogen (secondary N) is 2. The Balaban J connectivity index is 1.21. The Morgan fingerprint density at radius 1 is 1.18 bits per heavy atom. The quantitative estimate of drug-likeness (QED) is 0.436. The zero-order chi connectivity index (χ0) is 27.7. The minimum absolute atomic E-state index is 0.0144. The summed E-state index contributed by atoms with van der Waals surface area (Å²) in [5.41, 5.74) is 3.23. The highest BCUT2D eigenvalue weighted by atomic mass is 35.5. The van der Waals surface area contributed by atoms with Crippen molar-refractivity contribution >= 4 is 45.0 Å². The summed E-state index contributed by atoms with van der Waals surface area (Å²) in [6.07, 6.45) is 5.99. The number of hydrogen-bond donors (Lipinski definition) is 2. The lowest BCUT2D eigenvalue weighted by Gasteiger charge is -2.41. The molecule has 1 aromatic carbocycles. The van der Waals surface area contributed by atoms with Crippen molar-refractivity contribution in [3.05, 3.63) is 64.6 Å². The van der Waals surface area contributed by atoms with Gasteiger partial charge in [0.15, 0.2) is 0 Å². The number of benzene rings is 1. The predicted molar refractivity (Wildman–Crippen MR) is 149 cm³/mol. The van der Waals surface area contributed by atoms with Crippen LogP contribution in [0.15, 0.2) is 42.7 Å². The second-order valence-corrected chi connectivity index (χ2v) is 12.1.